The van der Waals surface area contributed by atoms with Crippen molar-refractivity contribution in [2.24, 2.45) is 0 Å². The van der Waals surface area contributed by atoms with Crippen LogP contribution in [-0.4, -0.2) is 5.91 Å². The summed E-state index contributed by atoms with van der Waals surface area (Å²) >= 11 is 0. The molecule has 0 saturated heterocycles. The number of nitrogens with two attached hydrogens (primary N) is 1. The summed E-state index contributed by atoms with van der Waals surface area (Å²) in [6.07, 6.45) is 2.60. The molecule has 0 spiro atoms. The zero-order valence-corrected chi connectivity index (χ0v) is 9.99. The fourth-order valence-electron chi connectivity index (χ4n) is 1.52. The van der Waals surface area contributed by atoms with E-state index in [4.69, 9.17) is 5.73 Å². The summed E-state index contributed by atoms with van der Waals surface area (Å²) in [5.41, 5.74) is 7.43. The van der Waals surface area contributed by atoms with Crippen LogP contribution in [0.1, 0.15) is 44.7 Å². The lowest BCUT2D eigenvalue weighted by molar-refractivity contribution is -0.121. The highest BCUT2D eigenvalue weighted by molar-refractivity contribution is 5.76. The minimum atomic E-state index is 0.0463. The van der Waals surface area contributed by atoms with E-state index < -0.39 is 0 Å². The molecule has 3 nitrogen and oxygen atoms in total. The lowest BCUT2D eigenvalue weighted by Crippen LogP contribution is -2.26. The first kappa shape index (κ1) is 12.6. The van der Waals surface area contributed by atoms with E-state index in [1.807, 2.05) is 31.2 Å². The number of benzene rings is 1. The highest BCUT2D eigenvalue weighted by Gasteiger charge is 2.08. The second-order valence-corrected chi connectivity index (χ2v) is 4.06. The largest absolute Gasteiger partial charge is 0.399 e. The van der Waals surface area contributed by atoms with Gasteiger partial charge in [-0.05, 0) is 31.0 Å². The molecule has 3 heteroatoms. The highest BCUT2D eigenvalue weighted by Crippen LogP contribution is 2.14. The molecule has 1 amide bonds. The van der Waals surface area contributed by atoms with E-state index in [0.717, 1.165) is 24.1 Å². The third-order valence-electron chi connectivity index (χ3n) is 2.57. The van der Waals surface area contributed by atoms with Gasteiger partial charge in [0.05, 0.1) is 6.04 Å². The van der Waals surface area contributed by atoms with Gasteiger partial charge in [0.25, 0.3) is 0 Å². The molecule has 0 aromatic heterocycles. The SMILES string of the molecule is CCCCC(=O)NC(C)c1ccc(N)cc1. The quantitative estimate of drug-likeness (QED) is 0.749. The van der Waals surface area contributed by atoms with Crippen LogP contribution in [0.5, 0.6) is 0 Å². The predicted octanol–water partition coefficient (Wildman–Crippen LogP) is 2.64. The fraction of sp³-hybridized carbons (Fsp3) is 0.462. The van der Waals surface area contributed by atoms with Gasteiger partial charge in [0, 0.05) is 12.1 Å². The average Bonchev–Trinajstić information content (AvgIpc) is 2.27. The first-order chi connectivity index (χ1) is 7.63. The topological polar surface area (TPSA) is 55.1 Å². The Morgan fingerprint density at radius 2 is 2.00 bits per heavy atom. The van der Waals surface area contributed by atoms with Crippen molar-refractivity contribution in [2.75, 3.05) is 5.73 Å². The van der Waals surface area contributed by atoms with Crippen LogP contribution in [0.25, 0.3) is 0 Å². The van der Waals surface area contributed by atoms with Crippen LogP contribution < -0.4 is 11.1 Å². The number of anilines is 1. The molecule has 0 aliphatic rings. The van der Waals surface area contributed by atoms with Gasteiger partial charge in [-0.1, -0.05) is 25.5 Å². The molecule has 0 saturated carbocycles. The van der Waals surface area contributed by atoms with E-state index in [-0.39, 0.29) is 11.9 Å². The number of rotatable bonds is 5. The molecule has 88 valence electrons. The second-order valence-electron chi connectivity index (χ2n) is 4.06. The molecule has 1 rings (SSSR count). The van der Waals surface area contributed by atoms with Gasteiger partial charge < -0.3 is 11.1 Å². The van der Waals surface area contributed by atoms with Gasteiger partial charge in [-0.25, -0.2) is 0 Å². The minimum absolute atomic E-state index is 0.0463. The van der Waals surface area contributed by atoms with Crippen molar-refractivity contribution in [3.05, 3.63) is 29.8 Å². The minimum Gasteiger partial charge on any atom is -0.399 e. The lowest BCUT2D eigenvalue weighted by atomic mass is 10.1. The molecule has 1 atom stereocenters. The van der Waals surface area contributed by atoms with Crippen LogP contribution in [0.3, 0.4) is 0 Å². The summed E-state index contributed by atoms with van der Waals surface area (Å²) in [5, 5.41) is 2.97. The van der Waals surface area contributed by atoms with Crippen LogP contribution in [0.4, 0.5) is 5.69 Å². The van der Waals surface area contributed by atoms with Crippen molar-refractivity contribution in [3.63, 3.8) is 0 Å². The van der Waals surface area contributed by atoms with Crippen LogP contribution in [-0.2, 0) is 4.79 Å². The van der Waals surface area contributed by atoms with Gasteiger partial charge in [0.1, 0.15) is 0 Å². The zero-order chi connectivity index (χ0) is 12.0. The Bertz CT molecular complexity index is 332. The zero-order valence-electron chi connectivity index (χ0n) is 9.99. The Balaban J connectivity index is 2.48. The van der Waals surface area contributed by atoms with Crippen LogP contribution in [0.15, 0.2) is 24.3 Å². The molecular formula is C13H20N2O. The van der Waals surface area contributed by atoms with Crippen molar-refractivity contribution < 1.29 is 4.79 Å². The molecular weight excluding hydrogens is 200 g/mol. The normalized spacial score (nSPS) is 12.1. The van der Waals surface area contributed by atoms with E-state index in [1.165, 1.54) is 0 Å². The Morgan fingerprint density at radius 1 is 1.38 bits per heavy atom. The summed E-state index contributed by atoms with van der Waals surface area (Å²) in [6, 6.07) is 7.64. The standard InChI is InChI=1S/C13H20N2O/c1-3-4-5-13(16)15-10(2)11-6-8-12(14)9-7-11/h6-10H,3-5,14H2,1-2H3,(H,15,16). The molecule has 1 aromatic carbocycles. The smallest absolute Gasteiger partial charge is 0.220 e. The molecule has 16 heavy (non-hydrogen) atoms. The molecule has 0 aliphatic carbocycles. The number of hydrogen-bond acceptors (Lipinski definition) is 2. The van der Waals surface area contributed by atoms with Gasteiger partial charge >= 0.3 is 0 Å². The summed E-state index contributed by atoms with van der Waals surface area (Å²) in [6.45, 7) is 4.06. The Hall–Kier alpha value is -1.51. The summed E-state index contributed by atoms with van der Waals surface area (Å²) < 4.78 is 0. The third-order valence-corrected chi connectivity index (χ3v) is 2.57. The number of nitrogen functional groups attached to an aromatic ring is 1. The molecule has 1 aromatic rings. The van der Waals surface area contributed by atoms with Crippen molar-refractivity contribution in [1.82, 2.24) is 5.32 Å². The Kier molecular flexibility index (Phi) is 4.83. The number of unbranched alkanes of at least 4 members (excludes halogenated alkanes) is 1. The maximum absolute atomic E-state index is 11.5. The van der Waals surface area contributed by atoms with E-state index in [0.29, 0.717) is 6.42 Å². The predicted molar refractivity (Wildman–Crippen MR) is 66.9 cm³/mol. The lowest BCUT2D eigenvalue weighted by Gasteiger charge is -2.14. The number of carbonyl (C=O) groups is 1. The molecule has 0 radical (unpaired) electrons. The van der Waals surface area contributed by atoms with Crippen LogP contribution in [0.2, 0.25) is 0 Å². The molecule has 3 N–H and O–H groups in total. The maximum atomic E-state index is 11.5. The van der Waals surface area contributed by atoms with Crippen molar-refractivity contribution >= 4 is 11.6 Å². The monoisotopic (exact) mass is 220 g/mol. The van der Waals surface area contributed by atoms with Gasteiger partial charge in [-0.15, -0.1) is 0 Å². The van der Waals surface area contributed by atoms with E-state index in [9.17, 15) is 4.79 Å². The number of amides is 1. The second kappa shape index (κ2) is 6.16. The fourth-order valence-corrected chi connectivity index (χ4v) is 1.52. The van der Waals surface area contributed by atoms with Crippen molar-refractivity contribution in [1.29, 1.82) is 0 Å². The van der Waals surface area contributed by atoms with Crippen LogP contribution >= 0.6 is 0 Å². The van der Waals surface area contributed by atoms with Crippen LogP contribution in [0, 0.1) is 0 Å². The Labute approximate surface area is 97.0 Å². The third kappa shape index (κ3) is 3.93. The summed E-state index contributed by atoms with van der Waals surface area (Å²) in [4.78, 5) is 11.5. The first-order valence-electron chi connectivity index (χ1n) is 5.78. The van der Waals surface area contributed by atoms with Gasteiger partial charge in [-0.3, -0.25) is 4.79 Å². The van der Waals surface area contributed by atoms with E-state index >= 15 is 0 Å². The van der Waals surface area contributed by atoms with E-state index in [2.05, 4.69) is 12.2 Å². The molecule has 0 heterocycles. The number of hydrogen-bond donors (Lipinski definition) is 2. The van der Waals surface area contributed by atoms with Gasteiger partial charge in [-0.2, -0.15) is 0 Å². The van der Waals surface area contributed by atoms with Gasteiger partial charge in [0.2, 0.25) is 5.91 Å². The number of carbonyl (C=O) groups excluding carboxylic acids is 1. The Morgan fingerprint density at radius 3 is 2.56 bits per heavy atom. The average molecular weight is 220 g/mol. The number of nitrogens with one attached hydrogen (secondary N) is 1. The van der Waals surface area contributed by atoms with Crippen molar-refractivity contribution in [3.8, 4) is 0 Å². The molecule has 0 aliphatic heterocycles. The molecule has 0 bridgehead atoms. The first-order valence-corrected chi connectivity index (χ1v) is 5.78. The van der Waals surface area contributed by atoms with E-state index in [1.54, 1.807) is 0 Å². The van der Waals surface area contributed by atoms with Crippen molar-refractivity contribution in [2.45, 2.75) is 39.2 Å². The maximum Gasteiger partial charge on any atom is 0.220 e. The summed E-state index contributed by atoms with van der Waals surface area (Å²) in [7, 11) is 0. The molecule has 0 fully saturated rings. The highest BCUT2D eigenvalue weighted by atomic mass is 16.1. The summed E-state index contributed by atoms with van der Waals surface area (Å²) in [5.74, 6) is 0.117. The molecule has 1 unspecified atom stereocenters. The van der Waals surface area contributed by atoms with Gasteiger partial charge in [0.15, 0.2) is 0 Å².